The molecule has 0 heterocycles. The molecule has 0 bridgehead atoms. The summed E-state index contributed by atoms with van der Waals surface area (Å²) in [5, 5.41) is 21.2. The normalized spacial score (nSPS) is 15.2. The lowest BCUT2D eigenvalue weighted by Crippen LogP contribution is -2.56. The van der Waals surface area contributed by atoms with Crippen molar-refractivity contribution in [1.29, 1.82) is 0 Å². The van der Waals surface area contributed by atoms with E-state index in [2.05, 4.69) is 6.92 Å². The zero-order valence-corrected chi connectivity index (χ0v) is 13.0. The van der Waals surface area contributed by atoms with Crippen LogP contribution in [-0.4, -0.2) is 54.6 Å². The maximum absolute atomic E-state index is 12.1. The number of aliphatic carboxylic acids is 1. The molecule has 1 atom stereocenters. The molecule has 0 amide bonds. The van der Waals surface area contributed by atoms with Crippen LogP contribution in [-0.2, 0) is 9.59 Å². The standard InChI is InChI=1S/C15H27NO4/c1-5-6-7-8-9-10-13(17)15(20,11-14(18)19)12-16(2,3)4/h7-8,20H,5-6,9-12H2,1-4H3/b8-7-. The van der Waals surface area contributed by atoms with Crippen LogP contribution in [0, 0.1) is 0 Å². The number of hydrogen-bond donors (Lipinski definition) is 1. The predicted octanol–water partition coefficient (Wildman–Crippen LogP) is 0.269. The van der Waals surface area contributed by atoms with E-state index in [0.717, 1.165) is 12.8 Å². The summed E-state index contributed by atoms with van der Waals surface area (Å²) >= 11 is 0. The van der Waals surface area contributed by atoms with Crippen LogP contribution in [0.25, 0.3) is 0 Å². The molecule has 0 radical (unpaired) electrons. The third-order valence-electron chi connectivity index (χ3n) is 2.85. The molecule has 1 unspecified atom stereocenters. The molecule has 0 aliphatic heterocycles. The van der Waals surface area contributed by atoms with Crippen molar-refractivity contribution in [1.82, 2.24) is 0 Å². The van der Waals surface area contributed by atoms with Crippen molar-refractivity contribution in [3.63, 3.8) is 0 Å². The van der Waals surface area contributed by atoms with Gasteiger partial charge in [-0.3, -0.25) is 4.79 Å². The Morgan fingerprint density at radius 3 is 2.20 bits per heavy atom. The van der Waals surface area contributed by atoms with Gasteiger partial charge in [-0.05, 0) is 12.8 Å². The monoisotopic (exact) mass is 285 g/mol. The molecule has 0 spiro atoms. The van der Waals surface area contributed by atoms with Crippen LogP contribution in [0.1, 0.15) is 39.0 Å². The lowest BCUT2D eigenvalue weighted by atomic mass is 9.90. The molecule has 0 aromatic heterocycles. The van der Waals surface area contributed by atoms with Gasteiger partial charge in [0.05, 0.1) is 21.1 Å². The first-order valence-electron chi connectivity index (χ1n) is 7.01. The summed E-state index contributed by atoms with van der Waals surface area (Å²) in [6.07, 6.45) is 5.89. The minimum Gasteiger partial charge on any atom is -0.550 e. The number of Topliss-reactive ketones (excluding diaryl/α,β-unsaturated/α-hetero) is 1. The average molecular weight is 285 g/mol. The predicted molar refractivity (Wildman–Crippen MR) is 75.8 cm³/mol. The van der Waals surface area contributed by atoms with E-state index < -0.39 is 23.8 Å². The topological polar surface area (TPSA) is 77.4 Å². The van der Waals surface area contributed by atoms with Crippen LogP contribution in [0.2, 0.25) is 0 Å². The summed E-state index contributed by atoms with van der Waals surface area (Å²) in [5.74, 6) is -1.84. The Morgan fingerprint density at radius 2 is 1.75 bits per heavy atom. The number of likely N-dealkylation sites (N-methyl/N-ethyl adjacent to an activating group) is 1. The summed E-state index contributed by atoms with van der Waals surface area (Å²) in [5.41, 5.74) is -1.85. The van der Waals surface area contributed by atoms with Crippen LogP contribution in [0.5, 0.6) is 0 Å². The zero-order chi connectivity index (χ0) is 15.8. The maximum Gasteiger partial charge on any atom is 0.177 e. The Bertz CT molecular complexity index is 357. The van der Waals surface area contributed by atoms with E-state index in [-0.39, 0.29) is 13.0 Å². The largest absolute Gasteiger partial charge is 0.550 e. The van der Waals surface area contributed by atoms with Crippen LogP contribution in [0.3, 0.4) is 0 Å². The molecule has 0 saturated heterocycles. The summed E-state index contributed by atoms with van der Waals surface area (Å²) < 4.78 is 0.307. The van der Waals surface area contributed by atoms with E-state index in [1.807, 2.05) is 12.2 Å². The molecule has 0 aromatic rings. The summed E-state index contributed by atoms with van der Waals surface area (Å²) in [6.45, 7) is 2.12. The van der Waals surface area contributed by atoms with Crippen LogP contribution >= 0.6 is 0 Å². The molecule has 0 fully saturated rings. The minimum absolute atomic E-state index is 0.0541. The fourth-order valence-corrected chi connectivity index (χ4v) is 2.12. The number of aliphatic hydroxyl groups is 1. The summed E-state index contributed by atoms with van der Waals surface area (Å²) in [4.78, 5) is 22.9. The fraction of sp³-hybridized carbons (Fsp3) is 0.733. The Morgan fingerprint density at radius 1 is 1.20 bits per heavy atom. The van der Waals surface area contributed by atoms with E-state index in [1.54, 1.807) is 21.1 Å². The zero-order valence-electron chi connectivity index (χ0n) is 13.0. The first-order chi connectivity index (χ1) is 9.10. The van der Waals surface area contributed by atoms with Gasteiger partial charge in [0, 0.05) is 18.8 Å². The molecule has 5 heteroatoms. The smallest absolute Gasteiger partial charge is 0.177 e. The number of unbranched alkanes of at least 4 members (excludes halogenated alkanes) is 1. The van der Waals surface area contributed by atoms with Crippen molar-refractivity contribution < 1.29 is 24.3 Å². The van der Waals surface area contributed by atoms with Crippen molar-refractivity contribution in [3.8, 4) is 0 Å². The van der Waals surface area contributed by atoms with Gasteiger partial charge in [-0.15, -0.1) is 0 Å². The van der Waals surface area contributed by atoms with Gasteiger partial charge >= 0.3 is 0 Å². The number of ketones is 1. The van der Waals surface area contributed by atoms with E-state index in [9.17, 15) is 19.8 Å². The highest BCUT2D eigenvalue weighted by molar-refractivity contribution is 5.90. The summed E-state index contributed by atoms with van der Waals surface area (Å²) in [6, 6.07) is 0. The van der Waals surface area contributed by atoms with Crippen molar-refractivity contribution in [2.24, 2.45) is 0 Å². The van der Waals surface area contributed by atoms with E-state index in [4.69, 9.17) is 0 Å². The highest BCUT2D eigenvalue weighted by Gasteiger charge is 2.40. The molecule has 0 saturated carbocycles. The van der Waals surface area contributed by atoms with Gasteiger partial charge < -0.3 is 19.5 Å². The van der Waals surface area contributed by atoms with Gasteiger partial charge in [-0.1, -0.05) is 25.5 Å². The van der Waals surface area contributed by atoms with Crippen LogP contribution < -0.4 is 5.11 Å². The Balaban J connectivity index is 4.68. The minimum atomic E-state index is -1.85. The first kappa shape index (κ1) is 18.8. The molecule has 0 aliphatic carbocycles. The lowest BCUT2D eigenvalue weighted by molar-refractivity contribution is -0.875. The molecule has 5 nitrogen and oxygen atoms in total. The van der Waals surface area contributed by atoms with E-state index in [1.165, 1.54) is 0 Å². The Labute approximate surface area is 121 Å². The van der Waals surface area contributed by atoms with Crippen molar-refractivity contribution >= 4 is 11.8 Å². The van der Waals surface area contributed by atoms with E-state index >= 15 is 0 Å². The van der Waals surface area contributed by atoms with Gasteiger partial charge in [-0.2, -0.15) is 0 Å². The molecule has 0 rings (SSSR count). The van der Waals surface area contributed by atoms with Crippen LogP contribution in [0.15, 0.2) is 12.2 Å². The average Bonchev–Trinajstić information content (AvgIpc) is 2.24. The first-order valence-corrected chi connectivity index (χ1v) is 7.01. The molecular formula is C15H27NO4. The maximum atomic E-state index is 12.1. The number of carbonyl (C=O) groups excluding carboxylic acids is 2. The van der Waals surface area contributed by atoms with Crippen LogP contribution in [0.4, 0.5) is 0 Å². The molecular weight excluding hydrogens is 258 g/mol. The van der Waals surface area contributed by atoms with Gasteiger partial charge in [0.15, 0.2) is 11.4 Å². The second kappa shape index (κ2) is 8.17. The molecule has 116 valence electrons. The highest BCUT2D eigenvalue weighted by atomic mass is 16.4. The number of rotatable bonds is 10. The number of quaternary nitrogens is 1. The number of nitrogens with zero attached hydrogens (tertiary/aromatic N) is 1. The third kappa shape index (κ3) is 8.07. The van der Waals surface area contributed by atoms with Gasteiger partial charge in [0.1, 0.15) is 6.54 Å². The number of hydrogen-bond acceptors (Lipinski definition) is 4. The fourth-order valence-electron chi connectivity index (χ4n) is 2.12. The molecule has 1 N–H and O–H groups in total. The second-order valence-corrected chi connectivity index (χ2v) is 6.25. The molecule has 0 aromatic carbocycles. The lowest BCUT2D eigenvalue weighted by Gasteiger charge is -2.34. The van der Waals surface area contributed by atoms with Crippen molar-refractivity contribution in [3.05, 3.63) is 12.2 Å². The summed E-state index contributed by atoms with van der Waals surface area (Å²) in [7, 11) is 5.40. The quantitative estimate of drug-likeness (QED) is 0.462. The van der Waals surface area contributed by atoms with Crippen molar-refractivity contribution in [2.45, 2.75) is 44.6 Å². The number of carbonyl (C=O) groups is 2. The third-order valence-corrected chi connectivity index (χ3v) is 2.85. The number of allylic oxidation sites excluding steroid dienone is 2. The van der Waals surface area contributed by atoms with Gasteiger partial charge in [0.2, 0.25) is 0 Å². The highest BCUT2D eigenvalue weighted by Crippen LogP contribution is 2.18. The van der Waals surface area contributed by atoms with Gasteiger partial charge in [0.25, 0.3) is 0 Å². The van der Waals surface area contributed by atoms with Gasteiger partial charge in [-0.25, -0.2) is 0 Å². The number of carboxylic acid groups (broad SMARTS) is 1. The Hall–Kier alpha value is -1.20. The van der Waals surface area contributed by atoms with Crippen molar-refractivity contribution in [2.75, 3.05) is 27.7 Å². The SMILES string of the molecule is CCC/C=C\CCC(=O)C(O)(CC(=O)[O-])C[N+](C)(C)C. The molecule has 0 aliphatic rings. The molecule has 20 heavy (non-hydrogen) atoms. The number of carboxylic acids is 1. The Kier molecular flexibility index (Phi) is 7.68. The second-order valence-electron chi connectivity index (χ2n) is 6.25. The van der Waals surface area contributed by atoms with E-state index in [0.29, 0.717) is 10.9 Å².